The Hall–Kier alpha value is -2.36. The number of esters is 1. The molecule has 0 aliphatic heterocycles. The molecule has 4 heteroatoms. The smallest absolute Gasteiger partial charge is 0.325 e. The van der Waals surface area contributed by atoms with Crippen molar-refractivity contribution in [1.29, 1.82) is 0 Å². The lowest BCUT2D eigenvalue weighted by atomic mass is 10.0. The number of hydrogen-bond donors (Lipinski definition) is 0. The highest BCUT2D eigenvalue weighted by Crippen LogP contribution is 2.19. The molecule has 0 aromatic heterocycles. The van der Waals surface area contributed by atoms with Crippen LogP contribution >= 0.6 is 0 Å². The summed E-state index contributed by atoms with van der Waals surface area (Å²) < 4.78 is 4.85. The van der Waals surface area contributed by atoms with Crippen LogP contribution in [0.5, 0.6) is 0 Å². The molecule has 2 aromatic rings. The van der Waals surface area contributed by atoms with Crippen molar-refractivity contribution >= 4 is 22.6 Å². The van der Waals surface area contributed by atoms with Crippen LogP contribution in [-0.2, 0) is 20.7 Å². The first-order valence-corrected chi connectivity index (χ1v) is 6.98. The quantitative estimate of drug-likeness (QED) is 0.793. The number of carbonyl (C=O) groups is 2. The van der Waals surface area contributed by atoms with Crippen molar-refractivity contribution in [3.8, 4) is 0 Å². The lowest BCUT2D eigenvalue weighted by Gasteiger charge is -2.16. The van der Waals surface area contributed by atoms with Gasteiger partial charge >= 0.3 is 5.97 Å². The molecular formula is C17H19NO3. The minimum Gasteiger partial charge on any atom is -0.465 e. The predicted octanol–water partition coefficient (Wildman–Crippen LogP) is 2.40. The van der Waals surface area contributed by atoms with E-state index in [9.17, 15) is 9.59 Å². The third-order valence-corrected chi connectivity index (χ3v) is 3.32. The second-order valence-corrected chi connectivity index (χ2v) is 4.87. The number of fused-ring (bicyclic) bond motifs is 1. The van der Waals surface area contributed by atoms with E-state index in [0.29, 0.717) is 6.61 Å². The summed E-state index contributed by atoms with van der Waals surface area (Å²) in [5.74, 6) is -0.481. The fourth-order valence-electron chi connectivity index (χ4n) is 2.23. The minimum atomic E-state index is -0.383. The van der Waals surface area contributed by atoms with Gasteiger partial charge in [-0.05, 0) is 23.3 Å². The Kier molecular flexibility index (Phi) is 4.93. The van der Waals surface area contributed by atoms with Crippen molar-refractivity contribution in [3.05, 3.63) is 48.0 Å². The average Bonchev–Trinajstić information content (AvgIpc) is 2.47. The van der Waals surface area contributed by atoms with Crippen LogP contribution in [-0.4, -0.2) is 37.0 Å². The molecule has 2 rings (SSSR count). The Morgan fingerprint density at radius 1 is 1.10 bits per heavy atom. The van der Waals surface area contributed by atoms with Crippen LogP contribution in [0.4, 0.5) is 0 Å². The first kappa shape index (κ1) is 15.0. The van der Waals surface area contributed by atoms with E-state index in [1.165, 1.54) is 4.90 Å². The number of nitrogens with zero attached hydrogens (tertiary/aromatic N) is 1. The Bertz CT molecular complexity index is 646. The summed E-state index contributed by atoms with van der Waals surface area (Å²) in [4.78, 5) is 25.0. The van der Waals surface area contributed by atoms with Crippen molar-refractivity contribution in [3.63, 3.8) is 0 Å². The highest BCUT2D eigenvalue weighted by atomic mass is 16.5. The van der Waals surface area contributed by atoms with Gasteiger partial charge in [-0.1, -0.05) is 42.5 Å². The number of benzene rings is 2. The van der Waals surface area contributed by atoms with Crippen molar-refractivity contribution in [1.82, 2.24) is 4.90 Å². The van der Waals surface area contributed by atoms with E-state index in [1.54, 1.807) is 14.0 Å². The standard InChI is InChI=1S/C17H19NO3/c1-3-21-17(20)12-18(2)16(19)11-14-9-6-8-13-7-4-5-10-15(13)14/h4-10H,3,11-12H2,1-2H3. The SMILES string of the molecule is CCOC(=O)CN(C)C(=O)Cc1cccc2ccccc12. The van der Waals surface area contributed by atoms with Crippen LogP contribution < -0.4 is 0 Å². The van der Waals surface area contributed by atoms with Gasteiger partial charge in [-0.2, -0.15) is 0 Å². The molecule has 21 heavy (non-hydrogen) atoms. The van der Waals surface area contributed by atoms with E-state index in [4.69, 9.17) is 4.74 Å². The van der Waals surface area contributed by atoms with Gasteiger partial charge in [0.25, 0.3) is 0 Å². The maximum absolute atomic E-state index is 12.2. The Morgan fingerprint density at radius 2 is 1.81 bits per heavy atom. The van der Waals surface area contributed by atoms with Crippen molar-refractivity contribution < 1.29 is 14.3 Å². The minimum absolute atomic E-state index is 0.0164. The highest BCUT2D eigenvalue weighted by Gasteiger charge is 2.15. The fourth-order valence-corrected chi connectivity index (χ4v) is 2.23. The molecule has 0 bridgehead atoms. The lowest BCUT2D eigenvalue weighted by molar-refractivity contribution is -0.147. The van der Waals surface area contributed by atoms with E-state index in [1.807, 2.05) is 42.5 Å². The average molecular weight is 285 g/mol. The molecule has 0 spiro atoms. The third-order valence-electron chi connectivity index (χ3n) is 3.32. The molecule has 0 fully saturated rings. The van der Waals surface area contributed by atoms with E-state index >= 15 is 0 Å². The number of rotatable bonds is 5. The Labute approximate surface area is 124 Å². The predicted molar refractivity (Wildman–Crippen MR) is 81.9 cm³/mol. The van der Waals surface area contributed by atoms with E-state index in [-0.39, 0.29) is 24.8 Å². The van der Waals surface area contributed by atoms with Gasteiger partial charge < -0.3 is 9.64 Å². The molecule has 0 aliphatic rings. The molecule has 0 aliphatic carbocycles. The third kappa shape index (κ3) is 3.81. The summed E-state index contributed by atoms with van der Waals surface area (Å²) in [6.07, 6.45) is 0.275. The summed E-state index contributed by atoms with van der Waals surface area (Å²) in [7, 11) is 1.62. The normalized spacial score (nSPS) is 10.4. The first-order valence-electron chi connectivity index (χ1n) is 6.98. The number of carbonyl (C=O) groups excluding carboxylic acids is 2. The van der Waals surface area contributed by atoms with Gasteiger partial charge in [-0.15, -0.1) is 0 Å². The second-order valence-electron chi connectivity index (χ2n) is 4.87. The molecular weight excluding hydrogens is 266 g/mol. The zero-order chi connectivity index (χ0) is 15.2. The Balaban J connectivity index is 2.09. The number of amides is 1. The number of likely N-dealkylation sites (N-methyl/N-ethyl adjacent to an activating group) is 1. The fraction of sp³-hybridized carbons (Fsp3) is 0.294. The van der Waals surface area contributed by atoms with Crippen molar-refractivity contribution in [2.45, 2.75) is 13.3 Å². The largest absolute Gasteiger partial charge is 0.465 e. The molecule has 0 saturated heterocycles. The number of ether oxygens (including phenoxy) is 1. The van der Waals surface area contributed by atoms with Gasteiger partial charge in [-0.3, -0.25) is 9.59 Å². The number of hydrogen-bond acceptors (Lipinski definition) is 3. The summed E-state index contributed by atoms with van der Waals surface area (Å²) >= 11 is 0. The molecule has 2 aromatic carbocycles. The maximum Gasteiger partial charge on any atom is 0.325 e. The molecule has 0 N–H and O–H groups in total. The molecule has 0 atom stereocenters. The van der Waals surface area contributed by atoms with E-state index in [2.05, 4.69) is 0 Å². The van der Waals surface area contributed by atoms with Crippen LogP contribution in [0.2, 0.25) is 0 Å². The molecule has 0 radical (unpaired) electrons. The summed E-state index contributed by atoms with van der Waals surface area (Å²) in [5.41, 5.74) is 0.966. The molecule has 1 amide bonds. The van der Waals surface area contributed by atoms with Gasteiger partial charge in [0.1, 0.15) is 6.54 Å². The summed E-state index contributed by atoms with van der Waals surface area (Å²) in [6.45, 7) is 2.05. The molecule has 110 valence electrons. The van der Waals surface area contributed by atoms with E-state index < -0.39 is 0 Å². The monoisotopic (exact) mass is 285 g/mol. The van der Waals surface area contributed by atoms with Crippen LogP contribution in [0.15, 0.2) is 42.5 Å². The molecule has 0 unspecified atom stereocenters. The molecule has 0 saturated carbocycles. The van der Waals surface area contributed by atoms with Crippen LogP contribution in [0.3, 0.4) is 0 Å². The molecule has 0 heterocycles. The lowest BCUT2D eigenvalue weighted by Crippen LogP contribution is -2.34. The second kappa shape index (κ2) is 6.88. The molecule has 4 nitrogen and oxygen atoms in total. The van der Waals surface area contributed by atoms with Crippen LogP contribution in [0.1, 0.15) is 12.5 Å². The summed E-state index contributed by atoms with van der Waals surface area (Å²) in [6, 6.07) is 13.9. The Morgan fingerprint density at radius 3 is 2.57 bits per heavy atom. The van der Waals surface area contributed by atoms with Crippen molar-refractivity contribution in [2.24, 2.45) is 0 Å². The highest BCUT2D eigenvalue weighted by molar-refractivity contribution is 5.91. The van der Waals surface area contributed by atoms with Gasteiger partial charge in [-0.25, -0.2) is 0 Å². The van der Waals surface area contributed by atoms with Gasteiger partial charge in [0.15, 0.2) is 0 Å². The first-order chi connectivity index (χ1) is 10.1. The van der Waals surface area contributed by atoms with Gasteiger partial charge in [0.05, 0.1) is 13.0 Å². The van der Waals surface area contributed by atoms with Crippen LogP contribution in [0.25, 0.3) is 10.8 Å². The van der Waals surface area contributed by atoms with Gasteiger partial charge in [0, 0.05) is 7.05 Å². The van der Waals surface area contributed by atoms with Crippen molar-refractivity contribution in [2.75, 3.05) is 20.2 Å². The van der Waals surface area contributed by atoms with Crippen LogP contribution in [0, 0.1) is 0 Å². The maximum atomic E-state index is 12.2. The zero-order valence-corrected chi connectivity index (χ0v) is 12.3. The zero-order valence-electron chi connectivity index (χ0n) is 12.3. The topological polar surface area (TPSA) is 46.6 Å². The van der Waals surface area contributed by atoms with E-state index in [0.717, 1.165) is 16.3 Å². The van der Waals surface area contributed by atoms with Gasteiger partial charge in [0.2, 0.25) is 5.91 Å². The summed E-state index contributed by atoms with van der Waals surface area (Å²) in [5, 5.41) is 2.17.